The number of aromatic amines is 1. The van der Waals surface area contributed by atoms with Crippen LogP contribution in [0.2, 0.25) is 0 Å². The third-order valence-corrected chi connectivity index (χ3v) is 6.72. The van der Waals surface area contributed by atoms with Crippen molar-refractivity contribution in [3.8, 4) is 11.5 Å². The van der Waals surface area contributed by atoms with Crippen molar-refractivity contribution in [2.75, 3.05) is 29.4 Å². The molecule has 3 atom stereocenters. The molecule has 0 saturated carbocycles. The van der Waals surface area contributed by atoms with Crippen molar-refractivity contribution >= 4 is 17.0 Å². The monoisotopic (exact) mass is 429 g/mol. The summed E-state index contributed by atoms with van der Waals surface area (Å²) in [5.41, 5.74) is 2.38. The van der Waals surface area contributed by atoms with Crippen LogP contribution in [0.15, 0.2) is 24.5 Å². The Labute approximate surface area is 178 Å². The number of halogens is 2. The molecule has 3 aliphatic rings. The summed E-state index contributed by atoms with van der Waals surface area (Å²) < 4.78 is 35.8. The first-order valence-corrected chi connectivity index (χ1v) is 10.9. The van der Waals surface area contributed by atoms with Gasteiger partial charge in [0.15, 0.2) is 11.6 Å². The molecule has 1 N–H and O–H groups in total. The van der Waals surface area contributed by atoms with Crippen molar-refractivity contribution in [3.63, 3.8) is 0 Å². The Morgan fingerprint density at radius 1 is 1.23 bits per heavy atom. The van der Waals surface area contributed by atoms with Gasteiger partial charge in [-0.15, -0.1) is 5.10 Å². The van der Waals surface area contributed by atoms with Crippen LogP contribution in [0, 0.1) is 0 Å². The third-order valence-electron chi connectivity index (χ3n) is 6.72. The minimum Gasteiger partial charge on any atom is -0.371 e. The molecule has 3 saturated heterocycles. The summed E-state index contributed by atoms with van der Waals surface area (Å²) in [6, 6.07) is 3.60. The van der Waals surface area contributed by atoms with E-state index in [1.807, 2.05) is 19.1 Å². The van der Waals surface area contributed by atoms with Crippen LogP contribution in [0.25, 0.3) is 17.0 Å². The van der Waals surface area contributed by atoms with Gasteiger partial charge < -0.3 is 14.5 Å². The summed E-state index contributed by atoms with van der Waals surface area (Å²) in [6.07, 6.45) is 5.79. The maximum atomic E-state index is 14.0. The number of alkyl halides is 2. The predicted molar refractivity (Wildman–Crippen MR) is 112 cm³/mol. The van der Waals surface area contributed by atoms with E-state index in [1.54, 1.807) is 16.9 Å². The molecule has 2 bridgehead atoms. The summed E-state index contributed by atoms with van der Waals surface area (Å²) in [5, 5.41) is 12.0. The number of hydrogen-bond acceptors (Lipinski definition) is 6. The maximum absolute atomic E-state index is 14.0. The van der Waals surface area contributed by atoms with Crippen LogP contribution in [0.4, 0.5) is 20.3 Å². The van der Waals surface area contributed by atoms with Gasteiger partial charge in [0.1, 0.15) is 11.2 Å². The van der Waals surface area contributed by atoms with Gasteiger partial charge in [-0.1, -0.05) is 0 Å². The topological polar surface area (TPSA) is 74.6 Å². The summed E-state index contributed by atoms with van der Waals surface area (Å²) in [6.45, 7) is 3.73. The molecule has 3 fully saturated rings. The van der Waals surface area contributed by atoms with E-state index < -0.39 is 5.92 Å². The lowest BCUT2D eigenvalue weighted by molar-refractivity contribution is -0.0318. The minimum atomic E-state index is -2.62. The lowest BCUT2D eigenvalue weighted by Gasteiger charge is -2.40. The van der Waals surface area contributed by atoms with Crippen LogP contribution in [-0.4, -0.2) is 68.6 Å². The Morgan fingerprint density at radius 2 is 2.03 bits per heavy atom. The number of aromatic nitrogens is 5. The van der Waals surface area contributed by atoms with Crippen LogP contribution in [0.3, 0.4) is 0 Å². The van der Waals surface area contributed by atoms with Crippen molar-refractivity contribution in [1.29, 1.82) is 0 Å². The van der Waals surface area contributed by atoms with Crippen molar-refractivity contribution in [2.45, 2.75) is 56.8 Å². The van der Waals surface area contributed by atoms with Crippen molar-refractivity contribution in [2.24, 2.45) is 0 Å². The number of anilines is 2. The number of nitrogens with zero attached hydrogens (tertiary/aromatic N) is 6. The number of nitrogens with one attached hydrogen (secondary N) is 1. The molecular formula is C21H25F2N7O. The number of morpholine rings is 1. The molecule has 0 aromatic carbocycles. The molecule has 0 spiro atoms. The highest BCUT2D eigenvalue weighted by Gasteiger charge is 2.40. The number of H-pyrrole nitrogens is 1. The molecule has 8 nitrogen and oxygen atoms in total. The van der Waals surface area contributed by atoms with Gasteiger partial charge >= 0.3 is 0 Å². The SMILES string of the molecule is CC1CC(F)(F)CCN1c1cc(N2CC3CCC(C2)O3)nn2c(-c3cc[nH]n3)ncc12. The van der Waals surface area contributed by atoms with Gasteiger partial charge in [-0.25, -0.2) is 18.3 Å². The normalized spacial score (nSPS) is 27.9. The summed E-state index contributed by atoms with van der Waals surface area (Å²) >= 11 is 0. The Hall–Kier alpha value is -2.75. The molecule has 0 amide bonds. The summed E-state index contributed by atoms with van der Waals surface area (Å²) in [4.78, 5) is 8.90. The second-order valence-corrected chi connectivity index (χ2v) is 8.94. The molecule has 10 heteroatoms. The Kier molecular flexibility index (Phi) is 4.21. The van der Waals surface area contributed by atoms with Gasteiger partial charge in [-0.05, 0) is 25.8 Å². The van der Waals surface area contributed by atoms with E-state index in [1.165, 1.54) is 0 Å². The van der Waals surface area contributed by atoms with Gasteiger partial charge in [-0.2, -0.15) is 5.10 Å². The standard InChI is InChI=1S/C21H25F2N7O/c1-13-9-21(22,23)5-7-29(13)17-8-19(28-11-14-2-3-15(12-28)31-14)27-30-18(17)10-24-20(30)16-4-6-25-26-16/h4,6,8,10,13-15H,2-3,5,7,9,11-12H2,1H3,(H,25,26). The molecule has 3 aromatic rings. The van der Waals surface area contributed by atoms with Crippen LogP contribution in [-0.2, 0) is 4.74 Å². The van der Waals surface area contributed by atoms with Gasteiger partial charge in [0, 0.05) is 50.8 Å². The Bertz CT molecular complexity index is 1090. The van der Waals surface area contributed by atoms with Gasteiger partial charge in [0.2, 0.25) is 0 Å². The Morgan fingerprint density at radius 3 is 2.74 bits per heavy atom. The zero-order chi connectivity index (χ0) is 21.2. The van der Waals surface area contributed by atoms with E-state index in [2.05, 4.69) is 25.0 Å². The fourth-order valence-electron chi connectivity index (χ4n) is 5.20. The quantitative estimate of drug-likeness (QED) is 0.690. The zero-order valence-electron chi connectivity index (χ0n) is 17.3. The second-order valence-electron chi connectivity index (χ2n) is 8.94. The van der Waals surface area contributed by atoms with E-state index in [4.69, 9.17) is 9.84 Å². The van der Waals surface area contributed by atoms with E-state index in [9.17, 15) is 8.78 Å². The molecule has 3 aliphatic heterocycles. The zero-order valence-corrected chi connectivity index (χ0v) is 17.3. The maximum Gasteiger partial charge on any atom is 0.251 e. The molecule has 0 aliphatic carbocycles. The molecule has 31 heavy (non-hydrogen) atoms. The van der Waals surface area contributed by atoms with Crippen molar-refractivity contribution < 1.29 is 13.5 Å². The van der Waals surface area contributed by atoms with E-state index in [-0.39, 0.29) is 31.1 Å². The highest BCUT2D eigenvalue weighted by atomic mass is 19.3. The largest absolute Gasteiger partial charge is 0.371 e. The molecule has 6 rings (SSSR count). The van der Waals surface area contributed by atoms with E-state index in [0.29, 0.717) is 18.1 Å². The Balaban J connectivity index is 1.47. The number of piperidine rings is 1. The third kappa shape index (κ3) is 3.24. The van der Waals surface area contributed by atoms with Crippen LogP contribution >= 0.6 is 0 Å². The number of hydrogen-bond donors (Lipinski definition) is 1. The minimum absolute atomic E-state index is 0.150. The first-order valence-electron chi connectivity index (χ1n) is 10.9. The van der Waals surface area contributed by atoms with Crippen LogP contribution in [0.1, 0.15) is 32.6 Å². The lowest BCUT2D eigenvalue weighted by atomic mass is 9.99. The van der Waals surface area contributed by atoms with E-state index in [0.717, 1.165) is 43.0 Å². The molecule has 3 unspecified atom stereocenters. The molecule has 0 radical (unpaired) electrons. The average Bonchev–Trinajstić information content (AvgIpc) is 3.46. The summed E-state index contributed by atoms with van der Waals surface area (Å²) in [5.74, 6) is -1.17. The second kappa shape index (κ2) is 6.88. The van der Waals surface area contributed by atoms with Crippen molar-refractivity contribution in [1.82, 2.24) is 24.8 Å². The molecule has 3 aromatic heterocycles. The highest BCUT2D eigenvalue weighted by molar-refractivity contribution is 5.78. The average molecular weight is 429 g/mol. The molecule has 164 valence electrons. The van der Waals surface area contributed by atoms with E-state index >= 15 is 0 Å². The number of fused-ring (bicyclic) bond motifs is 3. The smallest absolute Gasteiger partial charge is 0.251 e. The van der Waals surface area contributed by atoms with Gasteiger partial charge in [-0.3, -0.25) is 5.10 Å². The van der Waals surface area contributed by atoms with Crippen molar-refractivity contribution in [3.05, 3.63) is 24.5 Å². The fourth-order valence-corrected chi connectivity index (χ4v) is 5.20. The van der Waals surface area contributed by atoms with Crippen LogP contribution < -0.4 is 9.80 Å². The number of ether oxygens (including phenoxy) is 1. The van der Waals surface area contributed by atoms with Gasteiger partial charge in [0.25, 0.3) is 5.92 Å². The summed E-state index contributed by atoms with van der Waals surface area (Å²) in [7, 11) is 0. The van der Waals surface area contributed by atoms with Crippen LogP contribution in [0.5, 0.6) is 0 Å². The molecule has 6 heterocycles. The number of imidazole rings is 1. The first kappa shape index (κ1) is 19.0. The predicted octanol–water partition coefficient (Wildman–Crippen LogP) is 3.11. The fraction of sp³-hybridized carbons (Fsp3) is 0.571. The van der Waals surface area contributed by atoms with Gasteiger partial charge in [0.05, 0.1) is 24.1 Å². The first-order chi connectivity index (χ1) is 15.0. The highest BCUT2D eigenvalue weighted by Crippen LogP contribution is 2.38. The number of rotatable bonds is 3. The molecular weight excluding hydrogens is 404 g/mol. The lowest BCUT2D eigenvalue weighted by Crippen LogP contribution is -2.46.